The fraction of sp³-hybridized carbons (Fsp3) is 0.615. The van der Waals surface area contributed by atoms with Crippen molar-refractivity contribution in [2.24, 2.45) is 12.5 Å². The Labute approximate surface area is 108 Å². The highest BCUT2D eigenvalue weighted by molar-refractivity contribution is 5.85. The summed E-state index contributed by atoms with van der Waals surface area (Å²) in [4.78, 5) is 12.0. The van der Waals surface area contributed by atoms with Gasteiger partial charge in [0.25, 0.3) is 0 Å². The maximum Gasteiger partial charge on any atom is 0.240 e. The first kappa shape index (κ1) is 14.2. The molecular weight excluding hydrogens is 228 g/mol. The molecule has 0 aliphatic carbocycles. The molecule has 1 rings (SSSR count). The van der Waals surface area contributed by atoms with Crippen molar-refractivity contribution in [3.63, 3.8) is 0 Å². The third-order valence-corrected chi connectivity index (χ3v) is 3.31. The van der Waals surface area contributed by atoms with Gasteiger partial charge >= 0.3 is 0 Å². The average Bonchev–Trinajstić information content (AvgIpc) is 2.78. The minimum atomic E-state index is -0.880. The molecule has 0 unspecified atom stereocenters. The lowest BCUT2D eigenvalue weighted by Gasteiger charge is -2.21. The summed E-state index contributed by atoms with van der Waals surface area (Å²) in [6.07, 6.45) is 5.51. The number of aromatic nitrogens is 2. The van der Waals surface area contributed by atoms with E-state index in [4.69, 9.17) is 5.26 Å². The first-order valence-electron chi connectivity index (χ1n) is 6.25. The van der Waals surface area contributed by atoms with Crippen LogP contribution in [0, 0.1) is 16.7 Å². The Kier molecular flexibility index (Phi) is 4.90. The number of nitrogens with zero attached hydrogens (tertiary/aromatic N) is 3. The number of hydrogen-bond acceptors (Lipinski definition) is 3. The highest BCUT2D eigenvalue weighted by Crippen LogP contribution is 2.25. The number of hydrogen-bond donors (Lipinski definition) is 1. The quantitative estimate of drug-likeness (QED) is 0.827. The summed E-state index contributed by atoms with van der Waals surface area (Å²) in [5.41, 5.74) is 0.197. The molecule has 0 saturated heterocycles. The zero-order valence-electron chi connectivity index (χ0n) is 11.2. The Hall–Kier alpha value is -1.83. The van der Waals surface area contributed by atoms with Crippen LogP contribution in [0.2, 0.25) is 0 Å². The maximum absolute atomic E-state index is 12.0. The van der Waals surface area contributed by atoms with Gasteiger partial charge in [-0.1, -0.05) is 13.8 Å². The summed E-state index contributed by atoms with van der Waals surface area (Å²) in [5.74, 6) is -0.168. The van der Waals surface area contributed by atoms with Crippen molar-refractivity contribution in [3.8, 4) is 6.07 Å². The summed E-state index contributed by atoms with van der Waals surface area (Å²) in [5, 5.41) is 16.0. The number of nitriles is 1. The van der Waals surface area contributed by atoms with Crippen LogP contribution in [0.4, 0.5) is 0 Å². The topological polar surface area (TPSA) is 70.7 Å². The lowest BCUT2D eigenvalue weighted by molar-refractivity contribution is -0.128. The fourth-order valence-electron chi connectivity index (χ4n) is 1.87. The van der Waals surface area contributed by atoms with Gasteiger partial charge in [-0.3, -0.25) is 9.48 Å². The van der Waals surface area contributed by atoms with E-state index in [0.29, 0.717) is 19.4 Å². The van der Waals surface area contributed by atoms with E-state index < -0.39 is 5.41 Å². The number of carbonyl (C=O) groups is 1. The Balaban J connectivity index is 2.48. The van der Waals surface area contributed by atoms with E-state index in [-0.39, 0.29) is 5.91 Å². The summed E-state index contributed by atoms with van der Waals surface area (Å²) >= 11 is 0. The van der Waals surface area contributed by atoms with Crippen molar-refractivity contribution < 1.29 is 4.79 Å². The Morgan fingerprint density at radius 2 is 2.22 bits per heavy atom. The van der Waals surface area contributed by atoms with Gasteiger partial charge in [0.15, 0.2) is 0 Å². The van der Waals surface area contributed by atoms with E-state index >= 15 is 0 Å². The average molecular weight is 248 g/mol. The van der Waals surface area contributed by atoms with Crippen LogP contribution < -0.4 is 5.32 Å². The number of nitrogens with one attached hydrogen (secondary N) is 1. The SMILES string of the molecule is CCC(C#N)(CC)C(=O)NCCc1cnn(C)c1. The lowest BCUT2D eigenvalue weighted by atomic mass is 9.83. The molecule has 5 nitrogen and oxygen atoms in total. The number of carbonyl (C=O) groups excluding carboxylic acids is 1. The molecule has 0 aliphatic heterocycles. The van der Waals surface area contributed by atoms with Crippen molar-refractivity contribution in [3.05, 3.63) is 18.0 Å². The molecule has 0 radical (unpaired) electrons. The molecule has 0 saturated carbocycles. The smallest absolute Gasteiger partial charge is 0.240 e. The lowest BCUT2D eigenvalue weighted by Crippen LogP contribution is -2.40. The Morgan fingerprint density at radius 1 is 1.56 bits per heavy atom. The van der Waals surface area contributed by atoms with Gasteiger partial charge in [-0.25, -0.2) is 0 Å². The van der Waals surface area contributed by atoms with Crippen LogP contribution in [0.1, 0.15) is 32.3 Å². The molecule has 0 aromatic carbocycles. The molecule has 5 heteroatoms. The van der Waals surface area contributed by atoms with Crippen LogP contribution in [0.25, 0.3) is 0 Å². The zero-order valence-corrected chi connectivity index (χ0v) is 11.2. The first-order valence-corrected chi connectivity index (χ1v) is 6.25. The van der Waals surface area contributed by atoms with Gasteiger partial charge in [0.1, 0.15) is 5.41 Å². The minimum Gasteiger partial charge on any atom is -0.354 e. The van der Waals surface area contributed by atoms with Crippen molar-refractivity contribution in [2.45, 2.75) is 33.1 Å². The van der Waals surface area contributed by atoms with E-state index in [2.05, 4.69) is 16.5 Å². The number of rotatable bonds is 6. The number of aryl methyl sites for hydroxylation is 1. The molecule has 0 aliphatic rings. The molecule has 1 N–H and O–H groups in total. The second-order valence-corrected chi connectivity index (χ2v) is 4.43. The van der Waals surface area contributed by atoms with Gasteiger partial charge in [-0.15, -0.1) is 0 Å². The molecule has 0 fully saturated rings. The molecule has 1 heterocycles. The molecule has 0 spiro atoms. The Bertz CT molecular complexity index is 440. The van der Waals surface area contributed by atoms with Crippen LogP contribution in [0.5, 0.6) is 0 Å². The standard InChI is InChI=1S/C13H20N4O/c1-4-13(5-2,10-14)12(18)15-7-6-11-8-16-17(3)9-11/h8-9H,4-7H2,1-3H3,(H,15,18). The van der Waals surface area contributed by atoms with Crippen molar-refractivity contribution >= 4 is 5.91 Å². The first-order chi connectivity index (χ1) is 8.57. The van der Waals surface area contributed by atoms with E-state index in [0.717, 1.165) is 12.0 Å². The third-order valence-electron chi connectivity index (χ3n) is 3.31. The minimum absolute atomic E-state index is 0.168. The Morgan fingerprint density at radius 3 is 2.67 bits per heavy atom. The summed E-state index contributed by atoms with van der Waals surface area (Å²) < 4.78 is 1.73. The molecule has 18 heavy (non-hydrogen) atoms. The molecule has 1 amide bonds. The molecule has 0 bridgehead atoms. The van der Waals surface area contributed by atoms with Gasteiger partial charge in [0.05, 0.1) is 12.3 Å². The maximum atomic E-state index is 12.0. The monoisotopic (exact) mass is 248 g/mol. The van der Waals surface area contributed by atoms with E-state index in [9.17, 15) is 4.79 Å². The van der Waals surface area contributed by atoms with Crippen LogP contribution in [-0.2, 0) is 18.3 Å². The van der Waals surface area contributed by atoms with Crippen LogP contribution >= 0.6 is 0 Å². The normalized spacial score (nSPS) is 11.0. The highest BCUT2D eigenvalue weighted by Gasteiger charge is 2.34. The summed E-state index contributed by atoms with van der Waals surface area (Å²) in [6.45, 7) is 4.27. The van der Waals surface area contributed by atoms with E-state index in [1.54, 1.807) is 10.9 Å². The molecule has 1 aromatic rings. The van der Waals surface area contributed by atoms with Gasteiger partial charge in [0, 0.05) is 19.8 Å². The van der Waals surface area contributed by atoms with Crippen molar-refractivity contribution in [2.75, 3.05) is 6.54 Å². The predicted octanol–water partition coefficient (Wildman–Crippen LogP) is 1.41. The van der Waals surface area contributed by atoms with Crippen LogP contribution in [0.3, 0.4) is 0 Å². The zero-order chi connectivity index (χ0) is 13.6. The van der Waals surface area contributed by atoms with Gasteiger partial charge in [-0.05, 0) is 24.8 Å². The van der Waals surface area contributed by atoms with Crippen molar-refractivity contribution in [1.29, 1.82) is 5.26 Å². The van der Waals surface area contributed by atoms with Gasteiger partial charge in [0.2, 0.25) is 5.91 Å². The second-order valence-electron chi connectivity index (χ2n) is 4.43. The van der Waals surface area contributed by atoms with Crippen LogP contribution in [0.15, 0.2) is 12.4 Å². The highest BCUT2D eigenvalue weighted by atomic mass is 16.2. The van der Waals surface area contributed by atoms with Crippen LogP contribution in [-0.4, -0.2) is 22.2 Å². The summed E-state index contributed by atoms with van der Waals surface area (Å²) in [6, 6.07) is 2.14. The van der Waals surface area contributed by atoms with E-state index in [1.165, 1.54) is 0 Å². The van der Waals surface area contributed by atoms with E-state index in [1.807, 2.05) is 27.1 Å². The van der Waals surface area contributed by atoms with Crippen molar-refractivity contribution in [1.82, 2.24) is 15.1 Å². The fourth-order valence-corrected chi connectivity index (χ4v) is 1.87. The largest absolute Gasteiger partial charge is 0.354 e. The molecule has 0 atom stereocenters. The third kappa shape index (κ3) is 3.10. The molecule has 98 valence electrons. The molecular formula is C13H20N4O. The summed E-state index contributed by atoms with van der Waals surface area (Å²) in [7, 11) is 1.86. The van der Waals surface area contributed by atoms with Gasteiger partial charge in [-0.2, -0.15) is 10.4 Å². The molecule has 1 aromatic heterocycles. The number of amides is 1. The van der Waals surface area contributed by atoms with Gasteiger partial charge < -0.3 is 5.32 Å². The predicted molar refractivity (Wildman–Crippen MR) is 68.5 cm³/mol. The second kappa shape index (κ2) is 6.20.